The molecule has 98 valence electrons. The first kappa shape index (κ1) is 12.4. The summed E-state index contributed by atoms with van der Waals surface area (Å²) in [6, 6.07) is 19.9. The molecule has 0 saturated heterocycles. The van der Waals surface area contributed by atoms with Crippen LogP contribution >= 0.6 is 0 Å². The van der Waals surface area contributed by atoms with Gasteiger partial charge in [-0.15, -0.1) is 0 Å². The summed E-state index contributed by atoms with van der Waals surface area (Å²) in [5.41, 5.74) is 2.82. The van der Waals surface area contributed by atoms with Gasteiger partial charge in [0.05, 0.1) is 13.3 Å². The second-order valence-corrected chi connectivity index (χ2v) is 4.34. The third-order valence-electron chi connectivity index (χ3n) is 3.05. The van der Waals surface area contributed by atoms with E-state index in [1.54, 1.807) is 13.3 Å². The van der Waals surface area contributed by atoms with Crippen molar-refractivity contribution in [2.24, 2.45) is 0 Å². The van der Waals surface area contributed by atoms with Gasteiger partial charge in [0.15, 0.2) is 11.6 Å². The van der Waals surface area contributed by atoms with Gasteiger partial charge in [0, 0.05) is 11.1 Å². The zero-order valence-corrected chi connectivity index (χ0v) is 11.2. The van der Waals surface area contributed by atoms with E-state index in [9.17, 15) is 0 Å². The molecule has 0 aliphatic heterocycles. The summed E-state index contributed by atoms with van der Waals surface area (Å²) < 4.78 is 5.37. The van der Waals surface area contributed by atoms with Crippen LogP contribution in [0.2, 0.25) is 0 Å². The number of aromatic nitrogens is 2. The van der Waals surface area contributed by atoms with Gasteiger partial charge in [0.2, 0.25) is 0 Å². The minimum atomic E-state index is 0.677. The van der Waals surface area contributed by atoms with Crippen LogP contribution < -0.4 is 4.74 Å². The van der Waals surface area contributed by atoms with Gasteiger partial charge in [0.25, 0.3) is 0 Å². The highest BCUT2D eigenvalue weighted by Gasteiger charge is 2.10. The molecule has 3 nitrogen and oxygen atoms in total. The fourth-order valence-electron chi connectivity index (χ4n) is 2.05. The predicted molar refractivity (Wildman–Crippen MR) is 79.5 cm³/mol. The fourth-order valence-corrected chi connectivity index (χ4v) is 2.05. The van der Waals surface area contributed by atoms with E-state index in [4.69, 9.17) is 4.74 Å². The molecule has 0 fully saturated rings. The standard InChI is InChI=1S/C17H14N2O/c1-20-15-12-18-17(14-10-6-3-7-11-14)19-16(15)13-8-4-2-5-9-13/h2-12H,1H3. The molecule has 3 heteroatoms. The van der Waals surface area contributed by atoms with E-state index in [0.29, 0.717) is 11.6 Å². The maximum Gasteiger partial charge on any atom is 0.163 e. The molecule has 0 bridgehead atoms. The number of benzene rings is 2. The van der Waals surface area contributed by atoms with E-state index >= 15 is 0 Å². The van der Waals surface area contributed by atoms with Crippen molar-refractivity contribution in [3.05, 3.63) is 66.9 Å². The Bertz CT molecular complexity index is 697. The molecule has 1 heterocycles. The number of hydrogen-bond donors (Lipinski definition) is 0. The highest BCUT2D eigenvalue weighted by molar-refractivity contribution is 5.68. The maximum absolute atomic E-state index is 5.37. The second-order valence-electron chi connectivity index (χ2n) is 4.34. The molecular weight excluding hydrogens is 248 g/mol. The van der Waals surface area contributed by atoms with Gasteiger partial charge in [-0.3, -0.25) is 0 Å². The quantitative estimate of drug-likeness (QED) is 0.719. The van der Waals surface area contributed by atoms with Crippen LogP contribution in [0.3, 0.4) is 0 Å². The molecule has 0 amide bonds. The number of methoxy groups -OCH3 is 1. The van der Waals surface area contributed by atoms with Crippen LogP contribution in [0, 0.1) is 0 Å². The number of rotatable bonds is 3. The van der Waals surface area contributed by atoms with Crippen LogP contribution in [0.15, 0.2) is 66.9 Å². The van der Waals surface area contributed by atoms with Crippen molar-refractivity contribution >= 4 is 0 Å². The zero-order valence-electron chi connectivity index (χ0n) is 11.2. The Morgan fingerprint density at radius 1 is 0.800 bits per heavy atom. The topological polar surface area (TPSA) is 35.0 Å². The van der Waals surface area contributed by atoms with Crippen molar-refractivity contribution in [3.8, 4) is 28.4 Å². The molecule has 0 aliphatic carbocycles. The first-order valence-electron chi connectivity index (χ1n) is 6.40. The molecule has 0 N–H and O–H groups in total. The molecule has 20 heavy (non-hydrogen) atoms. The Balaban J connectivity index is 2.13. The Labute approximate surface area is 117 Å². The van der Waals surface area contributed by atoms with Crippen LogP contribution in [-0.2, 0) is 0 Å². The number of hydrogen-bond acceptors (Lipinski definition) is 3. The lowest BCUT2D eigenvalue weighted by atomic mass is 10.1. The van der Waals surface area contributed by atoms with Crippen molar-refractivity contribution in [2.45, 2.75) is 0 Å². The lowest BCUT2D eigenvalue weighted by Gasteiger charge is -2.09. The lowest BCUT2D eigenvalue weighted by molar-refractivity contribution is 0.413. The highest BCUT2D eigenvalue weighted by atomic mass is 16.5. The summed E-state index contributed by atoms with van der Waals surface area (Å²) in [6.07, 6.45) is 1.72. The Morgan fingerprint density at radius 2 is 1.40 bits per heavy atom. The first-order valence-corrected chi connectivity index (χ1v) is 6.40. The van der Waals surface area contributed by atoms with Crippen molar-refractivity contribution in [1.29, 1.82) is 0 Å². The predicted octanol–water partition coefficient (Wildman–Crippen LogP) is 3.82. The summed E-state index contributed by atoms with van der Waals surface area (Å²) in [5, 5.41) is 0. The van der Waals surface area contributed by atoms with Crippen molar-refractivity contribution < 1.29 is 4.74 Å². The zero-order chi connectivity index (χ0) is 13.8. The number of ether oxygens (including phenoxy) is 1. The molecule has 0 radical (unpaired) electrons. The van der Waals surface area contributed by atoms with E-state index in [-0.39, 0.29) is 0 Å². The Kier molecular flexibility index (Phi) is 3.42. The molecule has 2 aromatic carbocycles. The third-order valence-corrected chi connectivity index (χ3v) is 3.05. The largest absolute Gasteiger partial charge is 0.493 e. The molecule has 3 rings (SSSR count). The van der Waals surface area contributed by atoms with Crippen LogP contribution in [0.5, 0.6) is 5.75 Å². The van der Waals surface area contributed by atoms with Crippen LogP contribution in [0.1, 0.15) is 0 Å². The monoisotopic (exact) mass is 262 g/mol. The minimum Gasteiger partial charge on any atom is -0.493 e. The summed E-state index contributed by atoms with van der Waals surface area (Å²) >= 11 is 0. The molecule has 0 spiro atoms. The van der Waals surface area contributed by atoms with Gasteiger partial charge in [-0.25, -0.2) is 9.97 Å². The smallest absolute Gasteiger partial charge is 0.163 e. The summed E-state index contributed by atoms with van der Waals surface area (Å²) in [7, 11) is 1.63. The molecule has 1 aromatic heterocycles. The summed E-state index contributed by atoms with van der Waals surface area (Å²) in [4.78, 5) is 9.02. The van der Waals surface area contributed by atoms with Crippen LogP contribution in [0.4, 0.5) is 0 Å². The second kappa shape index (κ2) is 5.53. The molecule has 0 saturated carbocycles. The van der Waals surface area contributed by atoms with Gasteiger partial charge >= 0.3 is 0 Å². The highest BCUT2D eigenvalue weighted by Crippen LogP contribution is 2.29. The van der Waals surface area contributed by atoms with Crippen molar-refractivity contribution in [3.63, 3.8) is 0 Å². The van der Waals surface area contributed by atoms with Gasteiger partial charge in [0.1, 0.15) is 5.69 Å². The van der Waals surface area contributed by atoms with E-state index in [2.05, 4.69) is 9.97 Å². The van der Waals surface area contributed by atoms with E-state index in [1.807, 2.05) is 60.7 Å². The lowest BCUT2D eigenvalue weighted by Crippen LogP contribution is -1.96. The van der Waals surface area contributed by atoms with Gasteiger partial charge in [-0.05, 0) is 0 Å². The summed E-state index contributed by atoms with van der Waals surface area (Å²) in [5.74, 6) is 1.38. The molecule has 0 atom stereocenters. The van der Waals surface area contributed by atoms with Crippen molar-refractivity contribution in [1.82, 2.24) is 9.97 Å². The fraction of sp³-hybridized carbons (Fsp3) is 0.0588. The normalized spacial score (nSPS) is 10.2. The van der Waals surface area contributed by atoms with Gasteiger partial charge < -0.3 is 4.74 Å². The Morgan fingerprint density at radius 3 is 2.00 bits per heavy atom. The number of nitrogens with zero attached hydrogens (tertiary/aromatic N) is 2. The average molecular weight is 262 g/mol. The van der Waals surface area contributed by atoms with Gasteiger partial charge in [-0.2, -0.15) is 0 Å². The average Bonchev–Trinajstić information content (AvgIpc) is 2.56. The minimum absolute atomic E-state index is 0.677. The third kappa shape index (κ3) is 2.38. The van der Waals surface area contributed by atoms with E-state index < -0.39 is 0 Å². The Hall–Kier alpha value is -2.68. The van der Waals surface area contributed by atoms with E-state index in [0.717, 1.165) is 16.8 Å². The first-order chi connectivity index (χ1) is 9.88. The molecular formula is C17H14N2O. The maximum atomic E-state index is 5.37. The molecule has 0 aliphatic rings. The SMILES string of the molecule is COc1cnc(-c2ccccc2)nc1-c1ccccc1. The summed E-state index contributed by atoms with van der Waals surface area (Å²) in [6.45, 7) is 0. The van der Waals surface area contributed by atoms with Crippen LogP contribution in [0.25, 0.3) is 22.6 Å². The van der Waals surface area contributed by atoms with Crippen molar-refractivity contribution in [2.75, 3.05) is 7.11 Å². The van der Waals surface area contributed by atoms with E-state index in [1.165, 1.54) is 0 Å². The van der Waals surface area contributed by atoms with Gasteiger partial charge in [-0.1, -0.05) is 60.7 Å². The molecule has 3 aromatic rings. The van der Waals surface area contributed by atoms with Crippen LogP contribution in [-0.4, -0.2) is 17.1 Å². The molecule has 0 unspecified atom stereocenters.